The van der Waals surface area contributed by atoms with E-state index in [0.29, 0.717) is 12.5 Å². The molecule has 2 aromatic rings. The van der Waals surface area contributed by atoms with Gasteiger partial charge in [-0.15, -0.1) is 0 Å². The van der Waals surface area contributed by atoms with Crippen molar-refractivity contribution in [1.82, 2.24) is 0 Å². The van der Waals surface area contributed by atoms with Gasteiger partial charge in [0.1, 0.15) is 5.82 Å². The molecule has 2 N–H and O–H groups in total. The van der Waals surface area contributed by atoms with Crippen LogP contribution in [0, 0.1) is 11.7 Å². The maximum atomic E-state index is 12.9. The zero-order chi connectivity index (χ0) is 13.7. The van der Waals surface area contributed by atoms with Crippen LogP contribution in [-0.2, 0) is 12.8 Å². The third-order valence-electron chi connectivity index (χ3n) is 3.24. The largest absolute Gasteiger partial charge is 0.330 e. The zero-order valence-electron chi connectivity index (χ0n) is 10.7. The number of benzene rings is 2. The standard InChI is InChI=1S/C16H17ClFN/c17-16-4-2-1-3-14(16)10-13(11-19)9-12-5-7-15(18)8-6-12/h1-8,13H,9-11,19H2. The number of hydrogen-bond donors (Lipinski definition) is 1. The average molecular weight is 278 g/mol. The summed E-state index contributed by atoms with van der Waals surface area (Å²) in [5, 5.41) is 0.778. The Morgan fingerprint density at radius 2 is 1.68 bits per heavy atom. The van der Waals surface area contributed by atoms with Gasteiger partial charge in [0.25, 0.3) is 0 Å². The molecule has 2 aromatic carbocycles. The zero-order valence-corrected chi connectivity index (χ0v) is 11.4. The predicted octanol–water partition coefficient (Wildman–Crippen LogP) is 3.84. The number of halogens is 2. The second-order valence-electron chi connectivity index (χ2n) is 4.73. The molecule has 1 nitrogen and oxygen atoms in total. The van der Waals surface area contributed by atoms with Gasteiger partial charge >= 0.3 is 0 Å². The quantitative estimate of drug-likeness (QED) is 0.883. The van der Waals surface area contributed by atoms with Crippen LogP contribution in [0.5, 0.6) is 0 Å². The molecule has 1 unspecified atom stereocenters. The van der Waals surface area contributed by atoms with E-state index < -0.39 is 0 Å². The molecule has 1 atom stereocenters. The lowest BCUT2D eigenvalue weighted by atomic mass is 9.92. The Bertz CT molecular complexity index is 525. The van der Waals surface area contributed by atoms with Crippen LogP contribution < -0.4 is 5.73 Å². The van der Waals surface area contributed by atoms with E-state index in [2.05, 4.69) is 0 Å². The monoisotopic (exact) mass is 277 g/mol. The van der Waals surface area contributed by atoms with Gasteiger partial charge < -0.3 is 5.73 Å². The van der Waals surface area contributed by atoms with E-state index in [9.17, 15) is 4.39 Å². The first-order chi connectivity index (χ1) is 9.19. The molecule has 0 heterocycles. The summed E-state index contributed by atoms with van der Waals surface area (Å²) in [4.78, 5) is 0. The van der Waals surface area contributed by atoms with Crippen LogP contribution >= 0.6 is 11.6 Å². The molecule has 0 aliphatic heterocycles. The van der Waals surface area contributed by atoms with Crippen LogP contribution in [0.1, 0.15) is 11.1 Å². The highest BCUT2D eigenvalue weighted by Gasteiger charge is 2.11. The summed E-state index contributed by atoms with van der Waals surface area (Å²) in [5.74, 6) is 0.101. The molecule has 0 spiro atoms. The fourth-order valence-electron chi connectivity index (χ4n) is 2.17. The lowest BCUT2D eigenvalue weighted by molar-refractivity contribution is 0.532. The molecule has 0 radical (unpaired) electrons. The Hall–Kier alpha value is -1.38. The molecule has 3 heteroatoms. The molecular weight excluding hydrogens is 261 g/mol. The molecule has 19 heavy (non-hydrogen) atoms. The molecule has 100 valence electrons. The molecule has 0 amide bonds. The van der Waals surface area contributed by atoms with Gasteiger partial charge in [-0.2, -0.15) is 0 Å². The second-order valence-corrected chi connectivity index (χ2v) is 5.14. The number of hydrogen-bond acceptors (Lipinski definition) is 1. The predicted molar refractivity (Wildman–Crippen MR) is 77.8 cm³/mol. The third-order valence-corrected chi connectivity index (χ3v) is 3.61. The first kappa shape index (κ1) is 14.0. The van der Waals surface area contributed by atoms with E-state index >= 15 is 0 Å². The summed E-state index contributed by atoms with van der Waals surface area (Å²) < 4.78 is 12.9. The molecular formula is C16H17ClFN. The Kier molecular flexibility index (Phi) is 4.94. The van der Waals surface area contributed by atoms with Crippen molar-refractivity contribution in [3.8, 4) is 0 Å². The van der Waals surface area contributed by atoms with Crippen LogP contribution in [0.15, 0.2) is 48.5 Å². The maximum Gasteiger partial charge on any atom is 0.123 e. The van der Waals surface area contributed by atoms with Crippen LogP contribution in [0.2, 0.25) is 5.02 Å². The minimum atomic E-state index is -0.209. The van der Waals surface area contributed by atoms with Crippen molar-refractivity contribution in [2.24, 2.45) is 11.7 Å². The van der Waals surface area contributed by atoms with Gasteiger partial charge in [0.05, 0.1) is 0 Å². The van der Waals surface area contributed by atoms with Crippen LogP contribution in [0.25, 0.3) is 0 Å². The van der Waals surface area contributed by atoms with Crippen molar-refractivity contribution in [2.75, 3.05) is 6.54 Å². The van der Waals surface area contributed by atoms with E-state index in [-0.39, 0.29) is 5.82 Å². The first-order valence-electron chi connectivity index (χ1n) is 6.37. The van der Waals surface area contributed by atoms with Crippen LogP contribution in [-0.4, -0.2) is 6.54 Å². The van der Waals surface area contributed by atoms with Gasteiger partial charge in [0, 0.05) is 5.02 Å². The van der Waals surface area contributed by atoms with E-state index in [1.165, 1.54) is 12.1 Å². The lowest BCUT2D eigenvalue weighted by Crippen LogP contribution is -2.19. The first-order valence-corrected chi connectivity index (χ1v) is 6.74. The van der Waals surface area contributed by atoms with Crippen molar-refractivity contribution in [1.29, 1.82) is 0 Å². The third kappa shape index (κ3) is 4.05. The van der Waals surface area contributed by atoms with Crippen molar-refractivity contribution in [2.45, 2.75) is 12.8 Å². The van der Waals surface area contributed by atoms with E-state index in [1.807, 2.05) is 36.4 Å². The summed E-state index contributed by atoms with van der Waals surface area (Å²) in [6.45, 7) is 0.586. The molecule has 0 saturated heterocycles. The SMILES string of the molecule is NCC(Cc1ccc(F)cc1)Cc1ccccc1Cl. The molecule has 0 saturated carbocycles. The molecule has 0 aliphatic rings. The maximum absolute atomic E-state index is 12.9. The van der Waals surface area contributed by atoms with Crippen molar-refractivity contribution < 1.29 is 4.39 Å². The topological polar surface area (TPSA) is 26.0 Å². The van der Waals surface area contributed by atoms with E-state index in [1.54, 1.807) is 0 Å². The van der Waals surface area contributed by atoms with Crippen molar-refractivity contribution in [3.63, 3.8) is 0 Å². The van der Waals surface area contributed by atoms with Gasteiger partial charge in [0.2, 0.25) is 0 Å². The Labute approximate surface area is 118 Å². The average Bonchev–Trinajstić information content (AvgIpc) is 2.43. The number of rotatable bonds is 5. The molecule has 0 aliphatic carbocycles. The highest BCUT2D eigenvalue weighted by atomic mass is 35.5. The Morgan fingerprint density at radius 1 is 1.00 bits per heavy atom. The van der Waals surface area contributed by atoms with Gasteiger partial charge in [-0.25, -0.2) is 4.39 Å². The fraction of sp³-hybridized carbons (Fsp3) is 0.250. The minimum absolute atomic E-state index is 0.209. The van der Waals surface area contributed by atoms with Gasteiger partial charge in [-0.05, 0) is 54.6 Å². The highest BCUT2D eigenvalue weighted by molar-refractivity contribution is 6.31. The fourth-order valence-corrected chi connectivity index (χ4v) is 2.38. The summed E-state index contributed by atoms with van der Waals surface area (Å²) in [5.41, 5.74) is 8.04. The summed E-state index contributed by atoms with van der Waals surface area (Å²) >= 11 is 6.16. The summed E-state index contributed by atoms with van der Waals surface area (Å²) in [6.07, 6.45) is 1.68. The molecule has 2 rings (SSSR count). The Morgan fingerprint density at radius 3 is 2.32 bits per heavy atom. The lowest BCUT2D eigenvalue weighted by Gasteiger charge is -2.15. The second kappa shape index (κ2) is 6.69. The van der Waals surface area contributed by atoms with E-state index in [0.717, 1.165) is 29.0 Å². The number of nitrogens with two attached hydrogens (primary N) is 1. The van der Waals surface area contributed by atoms with Crippen molar-refractivity contribution >= 4 is 11.6 Å². The molecule has 0 fully saturated rings. The molecule has 0 aromatic heterocycles. The normalized spacial score (nSPS) is 12.4. The van der Waals surface area contributed by atoms with Gasteiger partial charge in [-0.1, -0.05) is 41.9 Å². The van der Waals surface area contributed by atoms with E-state index in [4.69, 9.17) is 17.3 Å². The smallest absolute Gasteiger partial charge is 0.123 e. The van der Waals surface area contributed by atoms with Gasteiger partial charge in [0.15, 0.2) is 0 Å². The minimum Gasteiger partial charge on any atom is -0.330 e. The van der Waals surface area contributed by atoms with Gasteiger partial charge in [-0.3, -0.25) is 0 Å². The van der Waals surface area contributed by atoms with Crippen LogP contribution in [0.4, 0.5) is 4.39 Å². The van der Waals surface area contributed by atoms with Crippen LogP contribution in [0.3, 0.4) is 0 Å². The molecule has 0 bridgehead atoms. The Balaban J connectivity index is 2.05. The summed E-state index contributed by atoms with van der Waals surface area (Å²) in [7, 11) is 0. The summed E-state index contributed by atoms with van der Waals surface area (Å²) in [6, 6.07) is 14.4. The highest BCUT2D eigenvalue weighted by Crippen LogP contribution is 2.20. The van der Waals surface area contributed by atoms with Crippen molar-refractivity contribution in [3.05, 3.63) is 70.5 Å².